The van der Waals surface area contributed by atoms with Crippen LogP contribution in [0.4, 0.5) is 14.5 Å². The summed E-state index contributed by atoms with van der Waals surface area (Å²) < 4.78 is 33.9. The van der Waals surface area contributed by atoms with Crippen molar-refractivity contribution >= 4 is 23.5 Å². The molecule has 32 heavy (non-hydrogen) atoms. The minimum atomic E-state index is -3.02. The number of rotatable bonds is 10. The van der Waals surface area contributed by atoms with Gasteiger partial charge in [0.05, 0.1) is 0 Å². The Morgan fingerprint density at radius 2 is 1.75 bits per heavy atom. The van der Waals surface area contributed by atoms with Crippen molar-refractivity contribution in [2.24, 2.45) is 0 Å². The maximum absolute atomic E-state index is 12.4. The molecular formula is C23H26F2N2O5. The average Bonchev–Trinajstić information content (AvgIpc) is 2.77. The van der Waals surface area contributed by atoms with Crippen molar-refractivity contribution in [3.63, 3.8) is 0 Å². The number of hydrogen-bond donors (Lipinski definition) is 2. The molecule has 0 saturated heterocycles. The fourth-order valence-corrected chi connectivity index (χ4v) is 2.86. The van der Waals surface area contributed by atoms with Gasteiger partial charge in [-0.1, -0.05) is 38.1 Å². The van der Waals surface area contributed by atoms with E-state index in [1.807, 2.05) is 26.0 Å². The zero-order chi connectivity index (χ0) is 23.7. The molecule has 2 rings (SSSR count). The highest BCUT2D eigenvalue weighted by Crippen LogP contribution is 2.26. The van der Waals surface area contributed by atoms with Crippen molar-refractivity contribution in [2.75, 3.05) is 11.9 Å². The Hall–Kier alpha value is -3.49. The average molecular weight is 448 g/mol. The summed E-state index contributed by atoms with van der Waals surface area (Å²) in [6.45, 7) is 2.00. The number of hydrogen-bond acceptors (Lipinski definition) is 5. The molecule has 2 aromatic carbocycles. The monoisotopic (exact) mass is 448 g/mol. The van der Waals surface area contributed by atoms with Gasteiger partial charge in [-0.15, -0.1) is 0 Å². The lowest BCUT2D eigenvalue weighted by Crippen LogP contribution is -2.36. The summed E-state index contributed by atoms with van der Waals surface area (Å²) in [5.74, 6) is -1.95. The molecule has 2 unspecified atom stereocenters. The Morgan fingerprint density at radius 1 is 1.03 bits per heavy atom. The summed E-state index contributed by atoms with van der Waals surface area (Å²) in [6.07, 6.45) is -0.193. The molecule has 0 aliphatic carbocycles. The van der Waals surface area contributed by atoms with Gasteiger partial charge < -0.3 is 20.1 Å². The number of benzene rings is 2. The van der Waals surface area contributed by atoms with E-state index in [-0.39, 0.29) is 17.2 Å². The molecule has 2 amide bonds. The number of para-hydroxylation sites is 1. The van der Waals surface area contributed by atoms with Crippen molar-refractivity contribution < 1.29 is 32.6 Å². The number of amides is 2. The van der Waals surface area contributed by atoms with Gasteiger partial charge in [0.15, 0.2) is 6.10 Å². The maximum atomic E-state index is 12.4. The Bertz CT molecular complexity index is 951. The minimum absolute atomic E-state index is 0.0309. The van der Waals surface area contributed by atoms with Crippen LogP contribution in [-0.4, -0.2) is 37.0 Å². The van der Waals surface area contributed by atoms with Gasteiger partial charge in [-0.3, -0.25) is 14.4 Å². The van der Waals surface area contributed by atoms with Gasteiger partial charge in [-0.05, 0) is 49.1 Å². The zero-order valence-corrected chi connectivity index (χ0v) is 18.1. The molecule has 2 atom stereocenters. The summed E-state index contributed by atoms with van der Waals surface area (Å²) in [5, 5.41) is 5.08. The van der Waals surface area contributed by atoms with Crippen LogP contribution in [0.15, 0.2) is 48.5 Å². The van der Waals surface area contributed by atoms with Crippen LogP contribution in [0.2, 0.25) is 0 Å². The van der Waals surface area contributed by atoms with E-state index in [1.165, 1.54) is 25.1 Å². The lowest BCUT2D eigenvalue weighted by atomic mass is 9.97. The SMILES string of the molecule is CCC(C)c1ccccc1NC(=O)C(C)OC(=O)CNC(=O)c1cccc(OC(F)F)c1. The zero-order valence-electron chi connectivity index (χ0n) is 18.1. The van der Waals surface area contributed by atoms with E-state index in [1.54, 1.807) is 12.1 Å². The van der Waals surface area contributed by atoms with Gasteiger partial charge in [-0.2, -0.15) is 8.78 Å². The van der Waals surface area contributed by atoms with Crippen LogP contribution in [0.25, 0.3) is 0 Å². The van der Waals surface area contributed by atoms with Gasteiger partial charge in [0.1, 0.15) is 12.3 Å². The van der Waals surface area contributed by atoms with Crippen molar-refractivity contribution in [1.82, 2.24) is 5.32 Å². The Balaban J connectivity index is 1.88. The summed E-state index contributed by atoms with van der Waals surface area (Å²) >= 11 is 0. The van der Waals surface area contributed by atoms with Crippen LogP contribution in [0.3, 0.4) is 0 Å². The predicted octanol–water partition coefficient (Wildman–Crippen LogP) is 4.10. The molecular weight excluding hydrogens is 422 g/mol. The van der Waals surface area contributed by atoms with Crippen molar-refractivity contribution in [3.05, 3.63) is 59.7 Å². The number of halogens is 2. The highest BCUT2D eigenvalue weighted by atomic mass is 19.3. The highest BCUT2D eigenvalue weighted by Gasteiger charge is 2.20. The number of esters is 1. The maximum Gasteiger partial charge on any atom is 0.387 e. The number of ether oxygens (including phenoxy) is 2. The molecule has 172 valence electrons. The molecule has 0 aromatic heterocycles. The lowest BCUT2D eigenvalue weighted by Gasteiger charge is -2.18. The van der Waals surface area contributed by atoms with E-state index >= 15 is 0 Å². The first-order chi connectivity index (χ1) is 15.2. The number of anilines is 1. The van der Waals surface area contributed by atoms with Crippen molar-refractivity contribution in [2.45, 2.75) is 45.8 Å². The highest BCUT2D eigenvalue weighted by molar-refractivity contribution is 5.97. The molecule has 2 N–H and O–H groups in total. The topological polar surface area (TPSA) is 93.7 Å². The van der Waals surface area contributed by atoms with Crippen LogP contribution in [0, 0.1) is 0 Å². The van der Waals surface area contributed by atoms with Crippen molar-refractivity contribution in [1.29, 1.82) is 0 Å². The van der Waals surface area contributed by atoms with E-state index in [4.69, 9.17) is 4.74 Å². The van der Waals surface area contributed by atoms with Gasteiger partial charge >= 0.3 is 12.6 Å². The van der Waals surface area contributed by atoms with E-state index in [2.05, 4.69) is 15.4 Å². The largest absolute Gasteiger partial charge is 0.451 e. The number of nitrogens with one attached hydrogen (secondary N) is 2. The first kappa shape index (κ1) is 24.8. The van der Waals surface area contributed by atoms with Crippen LogP contribution >= 0.6 is 0 Å². The fraction of sp³-hybridized carbons (Fsp3) is 0.348. The summed E-state index contributed by atoms with van der Waals surface area (Å²) in [6, 6.07) is 12.5. The second-order valence-electron chi connectivity index (χ2n) is 7.11. The molecule has 0 saturated carbocycles. The first-order valence-corrected chi connectivity index (χ1v) is 10.1. The Labute approximate surface area is 185 Å². The molecule has 0 heterocycles. The second kappa shape index (κ2) is 11.8. The molecule has 0 aliphatic rings. The summed E-state index contributed by atoms with van der Waals surface area (Å²) in [4.78, 5) is 36.6. The quantitative estimate of drug-likeness (QED) is 0.534. The molecule has 0 spiro atoms. The van der Waals surface area contributed by atoms with Crippen LogP contribution in [-0.2, 0) is 14.3 Å². The first-order valence-electron chi connectivity index (χ1n) is 10.1. The minimum Gasteiger partial charge on any atom is -0.451 e. The number of alkyl halides is 2. The van der Waals surface area contributed by atoms with Crippen LogP contribution in [0.1, 0.15) is 49.0 Å². The van der Waals surface area contributed by atoms with E-state index in [9.17, 15) is 23.2 Å². The van der Waals surface area contributed by atoms with Gasteiger partial charge in [-0.25, -0.2) is 0 Å². The molecule has 0 aliphatic heterocycles. The Kier molecular flexibility index (Phi) is 9.12. The molecule has 0 radical (unpaired) electrons. The van der Waals surface area contributed by atoms with E-state index < -0.39 is 37.0 Å². The predicted molar refractivity (Wildman–Crippen MR) is 115 cm³/mol. The van der Waals surface area contributed by atoms with Crippen LogP contribution < -0.4 is 15.4 Å². The standard InChI is InChI=1S/C23H26F2N2O5/c1-4-14(2)18-10-5-6-11-19(18)27-21(29)15(3)31-20(28)13-26-22(30)16-8-7-9-17(12-16)32-23(24)25/h5-12,14-15,23H,4,13H2,1-3H3,(H,26,30)(H,27,29). The number of carbonyl (C=O) groups is 3. The smallest absolute Gasteiger partial charge is 0.387 e. The summed E-state index contributed by atoms with van der Waals surface area (Å²) in [7, 11) is 0. The molecule has 0 bridgehead atoms. The molecule has 0 fully saturated rings. The third-order valence-electron chi connectivity index (χ3n) is 4.75. The third kappa shape index (κ3) is 7.33. The summed E-state index contributed by atoms with van der Waals surface area (Å²) in [5.41, 5.74) is 1.66. The third-order valence-corrected chi connectivity index (χ3v) is 4.75. The van der Waals surface area contributed by atoms with E-state index in [0.29, 0.717) is 5.69 Å². The lowest BCUT2D eigenvalue weighted by molar-refractivity contribution is -0.152. The van der Waals surface area contributed by atoms with Crippen LogP contribution in [0.5, 0.6) is 5.75 Å². The van der Waals surface area contributed by atoms with Gasteiger partial charge in [0, 0.05) is 11.3 Å². The fourth-order valence-electron chi connectivity index (χ4n) is 2.86. The van der Waals surface area contributed by atoms with Gasteiger partial charge in [0.2, 0.25) is 0 Å². The second-order valence-corrected chi connectivity index (χ2v) is 7.11. The normalized spacial score (nSPS) is 12.6. The van der Waals surface area contributed by atoms with Gasteiger partial charge in [0.25, 0.3) is 11.8 Å². The molecule has 9 heteroatoms. The van der Waals surface area contributed by atoms with Crippen molar-refractivity contribution in [3.8, 4) is 5.75 Å². The molecule has 2 aromatic rings. The molecule has 7 nitrogen and oxygen atoms in total. The van der Waals surface area contributed by atoms with E-state index in [0.717, 1.165) is 18.1 Å². The Morgan fingerprint density at radius 3 is 2.44 bits per heavy atom. The number of carbonyl (C=O) groups excluding carboxylic acids is 3.